The highest BCUT2D eigenvalue weighted by atomic mass is 79.9. The van der Waals surface area contributed by atoms with Crippen molar-refractivity contribution in [1.29, 1.82) is 0 Å². The molecule has 0 spiro atoms. The number of carbonyl (C=O) groups excluding carboxylic acids is 1. The summed E-state index contributed by atoms with van der Waals surface area (Å²) in [5.74, 6) is 0.0581. The van der Waals surface area contributed by atoms with Crippen LogP contribution in [0.15, 0.2) is 22.7 Å². The SMILES string of the molecule is CC1(C)CCCN(C(=O)c2ccc(Br)cc2N)CC1. The van der Waals surface area contributed by atoms with Crippen molar-refractivity contribution < 1.29 is 4.79 Å². The number of nitrogens with zero attached hydrogens (tertiary/aromatic N) is 1. The van der Waals surface area contributed by atoms with Crippen LogP contribution in [0, 0.1) is 5.41 Å². The van der Waals surface area contributed by atoms with Crippen LogP contribution in [-0.2, 0) is 0 Å². The molecular formula is C15H21BrN2O. The molecule has 1 heterocycles. The van der Waals surface area contributed by atoms with Gasteiger partial charge < -0.3 is 10.6 Å². The fraction of sp³-hybridized carbons (Fsp3) is 0.533. The van der Waals surface area contributed by atoms with Gasteiger partial charge in [0.25, 0.3) is 5.91 Å². The minimum Gasteiger partial charge on any atom is -0.398 e. The zero-order valence-corrected chi connectivity index (χ0v) is 13.2. The Morgan fingerprint density at radius 1 is 1.32 bits per heavy atom. The lowest BCUT2D eigenvalue weighted by Crippen LogP contribution is -2.32. The summed E-state index contributed by atoms with van der Waals surface area (Å²) in [7, 11) is 0. The number of hydrogen-bond acceptors (Lipinski definition) is 2. The summed E-state index contributed by atoms with van der Waals surface area (Å²) in [6.45, 7) is 6.20. The molecule has 1 aromatic carbocycles. The average Bonchev–Trinajstić information content (AvgIpc) is 2.49. The van der Waals surface area contributed by atoms with Gasteiger partial charge >= 0.3 is 0 Å². The summed E-state index contributed by atoms with van der Waals surface area (Å²) in [4.78, 5) is 14.5. The van der Waals surface area contributed by atoms with E-state index in [1.807, 2.05) is 11.0 Å². The smallest absolute Gasteiger partial charge is 0.255 e. The molecule has 1 aliphatic rings. The maximum atomic E-state index is 12.5. The van der Waals surface area contributed by atoms with E-state index < -0.39 is 0 Å². The number of nitrogen functional groups attached to an aromatic ring is 1. The Labute approximate surface area is 123 Å². The molecule has 104 valence electrons. The predicted molar refractivity (Wildman–Crippen MR) is 82.1 cm³/mol. The number of rotatable bonds is 1. The summed E-state index contributed by atoms with van der Waals surface area (Å²) in [6.07, 6.45) is 3.29. The van der Waals surface area contributed by atoms with Crippen molar-refractivity contribution in [3.05, 3.63) is 28.2 Å². The van der Waals surface area contributed by atoms with E-state index in [9.17, 15) is 4.79 Å². The number of anilines is 1. The molecule has 0 aromatic heterocycles. The summed E-state index contributed by atoms with van der Waals surface area (Å²) in [5.41, 5.74) is 7.44. The molecule has 4 heteroatoms. The molecule has 0 atom stereocenters. The largest absolute Gasteiger partial charge is 0.398 e. The highest BCUT2D eigenvalue weighted by Crippen LogP contribution is 2.30. The summed E-state index contributed by atoms with van der Waals surface area (Å²) >= 11 is 3.36. The standard InChI is InChI=1S/C15H21BrN2O/c1-15(2)6-3-8-18(9-7-15)14(19)12-5-4-11(16)10-13(12)17/h4-5,10H,3,6-9,17H2,1-2H3. The number of benzene rings is 1. The summed E-state index contributed by atoms with van der Waals surface area (Å²) < 4.78 is 0.901. The highest BCUT2D eigenvalue weighted by Gasteiger charge is 2.26. The van der Waals surface area contributed by atoms with E-state index in [4.69, 9.17) is 5.73 Å². The van der Waals surface area contributed by atoms with Gasteiger partial charge in [-0.15, -0.1) is 0 Å². The Bertz CT molecular complexity index is 485. The van der Waals surface area contributed by atoms with Crippen molar-refractivity contribution in [3.63, 3.8) is 0 Å². The third-order valence-corrected chi connectivity index (χ3v) is 4.36. The van der Waals surface area contributed by atoms with Crippen molar-refractivity contribution in [1.82, 2.24) is 4.90 Å². The maximum absolute atomic E-state index is 12.5. The van der Waals surface area contributed by atoms with Crippen LogP contribution < -0.4 is 5.73 Å². The van der Waals surface area contributed by atoms with Crippen molar-refractivity contribution in [3.8, 4) is 0 Å². The molecule has 1 aromatic rings. The minimum atomic E-state index is 0.0581. The molecule has 0 radical (unpaired) electrons. The molecule has 19 heavy (non-hydrogen) atoms. The second-order valence-corrected chi connectivity index (χ2v) is 6.96. The topological polar surface area (TPSA) is 46.3 Å². The monoisotopic (exact) mass is 324 g/mol. The zero-order chi connectivity index (χ0) is 14.0. The van der Waals surface area contributed by atoms with Gasteiger partial charge in [-0.2, -0.15) is 0 Å². The van der Waals surface area contributed by atoms with Crippen molar-refractivity contribution in [2.75, 3.05) is 18.8 Å². The summed E-state index contributed by atoms with van der Waals surface area (Å²) in [6, 6.07) is 5.46. The molecule has 0 bridgehead atoms. The average molecular weight is 325 g/mol. The van der Waals surface area contributed by atoms with Crippen molar-refractivity contribution in [2.24, 2.45) is 5.41 Å². The van der Waals surface area contributed by atoms with E-state index in [0.717, 1.165) is 30.4 Å². The molecule has 0 unspecified atom stereocenters. The summed E-state index contributed by atoms with van der Waals surface area (Å²) in [5, 5.41) is 0. The Morgan fingerprint density at radius 2 is 2.05 bits per heavy atom. The van der Waals surface area contributed by atoms with Gasteiger partial charge in [-0.1, -0.05) is 29.8 Å². The van der Waals surface area contributed by atoms with Crippen LogP contribution in [0.2, 0.25) is 0 Å². The van der Waals surface area contributed by atoms with Gasteiger partial charge in [-0.25, -0.2) is 0 Å². The zero-order valence-electron chi connectivity index (χ0n) is 11.6. The number of amides is 1. The predicted octanol–water partition coefficient (Wildman–Crippen LogP) is 3.68. The fourth-order valence-corrected chi connectivity index (χ4v) is 2.90. The molecule has 1 aliphatic heterocycles. The number of carbonyl (C=O) groups is 1. The van der Waals surface area contributed by atoms with E-state index in [2.05, 4.69) is 29.8 Å². The third-order valence-electron chi connectivity index (χ3n) is 3.87. The van der Waals surface area contributed by atoms with E-state index >= 15 is 0 Å². The second-order valence-electron chi connectivity index (χ2n) is 6.04. The quantitative estimate of drug-likeness (QED) is 0.801. The van der Waals surface area contributed by atoms with Crippen LogP contribution in [0.4, 0.5) is 5.69 Å². The first kappa shape index (κ1) is 14.4. The van der Waals surface area contributed by atoms with E-state index in [1.165, 1.54) is 6.42 Å². The Balaban J connectivity index is 2.15. The number of nitrogens with two attached hydrogens (primary N) is 1. The molecule has 0 aliphatic carbocycles. The maximum Gasteiger partial charge on any atom is 0.255 e. The van der Waals surface area contributed by atoms with Crippen molar-refractivity contribution in [2.45, 2.75) is 33.1 Å². The first-order valence-electron chi connectivity index (χ1n) is 6.73. The van der Waals surface area contributed by atoms with E-state index in [0.29, 0.717) is 16.7 Å². The van der Waals surface area contributed by atoms with Gasteiger partial charge in [0.15, 0.2) is 0 Å². The number of hydrogen-bond donors (Lipinski definition) is 1. The van der Waals surface area contributed by atoms with E-state index in [1.54, 1.807) is 12.1 Å². The van der Waals surface area contributed by atoms with Gasteiger partial charge in [0.2, 0.25) is 0 Å². The van der Waals surface area contributed by atoms with Crippen LogP contribution in [0.3, 0.4) is 0 Å². The molecule has 3 nitrogen and oxygen atoms in total. The number of likely N-dealkylation sites (tertiary alicyclic amines) is 1. The lowest BCUT2D eigenvalue weighted by atomic mass is 9.85. The Hall–Kier alpha value is -1.03. The van der Waals surface area contributed by atoms with E-state index in [-0.39, 0.29) is 5.91 Å². The lowest BCUT2D eigenvalue weighted by Gasteiger charge is -2.23. The van der Waals surface area contributed by atoms with Gasteiger partial charge in [0.1, 0.15) is 0 Å². The van der Waals surface area contributed by atoms with Crippen LogP contribution >= 0.6 is 15.9 Å². The van der Waals surface area contributed by atoms with Gasteiger partial charge in [0.05, 0.1) is 5.56 Å². The van der Waals surface area contributed by atoms with Crippen molar-refractivity contribution >= 4 is 27.5 Å². The fourth-order valence-electron chi connectivity index (χ4n) is 2.52. The van der Waals surface area contributed by atoms with Crippen LogP contribution in [0.5, 0.6) is 0 Å². The Kier molecular flexibility index (Phi) is 4.19. The van der Waals surface area contributed by atoms with Crippen LogP contribution in [-0.4, -0.2) is 23.9 Å². The minimum absolute atomic E-state index is 0.0581. The second kappa shape index (κ2) is 5.53. The first-order valence-corrected chi connectivity index (χ1v) is 7.53. The molecule has 0 saturated carbocycles. The molecule has 2 rings (SSSR count). The molecular weight excluding hydrogens is 304 g/mol. The lowest BCUT2D eigenvalue weighted by molar-refractivity contribution is 0.0758. The molecule has 2 N–H and O–H groups in total. The van der Waals surface area contributed by atoms with Crippen LogP contribution in [0.25, 0.3) is 0 Å². The highest BCUT2D eigenvalue weighted by molar-refractivity contribution is 9.10. The molecule has 1 saturated heterocycles. The van der Waals surface area contributed by atoms with Gasteiger partial charge in [0, 0.05) is 23.2 Å². The molecule has 1 fully saturated rings. The van der Waals surface area contributed by atoms with Gasteiger partial charge in [-0.05, 0) is 42.9 Å². The third kappa shape index (κ3) is 3.50. The molecule has 1 amide bonds. The first-order chi connectivity index (χ1) is 8.89. The van der Waals surface area contributed by atoms with Gasteiger partial charge in [-0.3, -0.25) is 4.79 Å². The Morgan fingerprint density at radius 3 is 2.74 bits per heavy atom. The normalized spacial score (nSPS) is 19.0. The number of halogens is 1. The van der Waals surface area contributed by atoms with Crippen LogP contribution in [0.1, 0.15) is 43.5 Å².